The van der Waals surface area contributed by atoms with Gasteiger partial charge in [0, 0.05) is 35.8 Å². The van der Waals surface area contributed by atoms with E-state index in [0.717, 1.165) is 16.7 Å². The SMILES string of the molecule is O=c1[nH]ccc(NCC(O)c2cccc(Cl)c2)c1-c1nc2ccc(-n3ccnc3)cc2[nH]1. The van der Waals surface area contributed by atoms with Crippen LogP contribution >= 0.6 is 11.6 Å². The third kappa shape index (κ3) is 3.89. The van der Waals surface area contributed by atoms with E-state index in [0.29, 0.717) is 27.7 Å². The number of benzene rings is 2. The topological polar surface area (TPSA) is 112 Å². The Labute approximate surface area is 187 Å². The number of fused-ring (bicyclic) bond motifs is 1. The molecule has 5 aromatic rings. The number of aliphatic hydroxyl groups is 1. The zero-order valence-electron chi connectivity index (χ0n) is 16.8. The smallest absolute Gasteiger partial charge is 0.261 e. The Hall–Kier alpha value is -3.88. The van der Waals surface area contributed by atoms with E-state index in [4.69, 9.17) is 11.6 Å². The average Bonchev–Trinajstić information content (AvgIpc) is 3.47. The van der Waals surface area contributed by atoms with E-state index in [2.05, 4.69) is 25.3 Å². The maximum atomic E-state index is 12.7. The Kier molecular flexibility index (Phi) is 5.22. The summed E-state index contributed by atoms with van der Waals surface area (Å²) < 4.78 is 1.89. The molecule has 3 heterocycles. The molecule has 0 spiro atoms. The van der Waals surface area contributed by atoms with Crippen molar-refractivity contribution < 1.29 is 5.11 Å². The largest absolute Gasteiger partial charge is 0.387 e. The Morgan fingerprint density at radius 3 is 2.91 bits per heavy atom. The minimum Gasteiger partial charge on any atom is -0.387 e. The molecule has 160 valence electrons. The van der Waals surface area contributed by atoms with Crippen molar-refractivity contribution in [1.82, 2.24) is 24.5 Å². The van der Waals surface area contributed by atoms with Crippen molar-refractivity contribution in [3.8, 4) is 17.1 Å². The zero-order chi connectivity index (χ0) is 22.1. The molecule has 0 aliphatic rings. The molecular formula is C23H19ClN6O2. The summed E-state index contributed by atoms with van der Waals surface area (Å²) in [7, 11) is 0. The van der Waals surface area contributed by atoms with E-state index in [9.17, 15) is 9.90 Å². The Balaban J connectivity index is 1.46. The second-order valence-corrected chi connectivity index (χ2v) is 7.74. The van der Waals surface area contributed by atoms with E-state index >= 15 is 0 Å². The summed E-state index contributed by atoms with van der Waals surface area (Å²) in [6.45, 7) is 0.196. The summed E-state index contributed by atoms with van der Waals surface area (Å²) in [6.07, 6.45) is 6.04. The predicted octanol–water partition coefficient (Wildman–Crippen LogP) is 3.90. The summed E-state index contributed by atoms with van der Waals surface area (Å²) in [5.41, 5.74) is 3.77. The highest BCUT2D eigenvalue weighted by Gasteiger charge is 2.16. The molecule has 32 heavy (non-hydrogen) atoms. The lowest BCUT2D eigenvalue weighted by molar-refractivity contribution is 0.191. The van der Waals surface area contributed by atoms with E-state index in [1.807, 2.05) is 29.0 Å². The first-order valence-corrected chi connectivity index (χ1v) is 10.3. The number of aromatic amines is 2. The van der Waals surface area contributed by atoms with Gasteiger partial charge in [-0.25, -0.2) is 9.97 Å². The summed E-state index contributed by atoms with van der Waals surface area (Å²) in [4.78, 5) is 27.3. The lowest BCUT2D eigenvalue weighted by Gasteiger charge is -2.15. The molecule has 9 heteroatoms. The van der Waals surface area contributed by atoms with Gasteiger partial charge in [-0.05, 0) is 42.0 Å². The number of anilines is 1. The first-order valence-electron chi connectivity index (χ1n) is 9.96. The van der Waals surface area contributed by atoms with Crippen molar-refractivity contribution in [3.05, 3.63) is 94.4 Å². The van der Waals surface area contributed by atoms with Gasteiger partial charge >= 0.3 is 0 Å². The molecular weight excluding hydrogens is 428 g/mol. The van der Waals surface area contributed by atoms with Gasteiger partial charge in [0.05, 0.1) is 29.2 Å². The van der Waals surface area contributed by atoms with E-state index < -0.39 is 6.10 Å². The van der Waals surface area contributed by atoms with Gasteiger partial charge in [0.25, 0.3) is 5.56 Å². The molecule has 8 nitrogen and oxygen atoms in total. The van der Waals surface area contributed by atoms with Crippen LogP contribution in [-0.4, -0.2) is 36.2 Å². The monoisotopic (exact) mass is 446 g/mol. The Morgan fingerprint density at radius 2 is 2.09 bits per heavy atom. The number of halogens is 1. The number of hydrogen-bond donors (Lipinski definition) is 4. The molecule has 0 aliphatic carbocycles. The third-order valence-corrected chi connectivity index (χ3v) is 5.42. The average molecular weight is 447 g/mol. The highest BCUT2D eigenvalue weighted by Crippen LogP contribution is 2.26. The van der Waals surface area contributed by atoms with Gasteiger partial charge in [0.1, 0.15) is 11.4 Å². The number of pyridine rings is 1. The van der Waals surface area contributed by atoms with Gasteiger partial charge < -0.3 is 25.0 Å². The second kappa shape index (κ2) is 8.33. The third-order valence-electron chi connectivity index (χ3n) is 5.18. The fourth-order valence-electron chi connectivity index (χ4n) is 3.59. The summed E-state index contributed by atoms with van der Waals surface area (Å²) >= 11 is 6.02. The first kappa shape index (κ1) is 20.0. The van der Waals surface area contributed by atoms with Crippen LogP contribution in [0, 0.1) is 0 Å². The highest BCUT2D eigenvalue weighted by atomic mass is 35.5. The van der Waals surface area contributed by atoms with Crippen LogP contribution in [0.3, 0.4) is 0 Å². The maximum absolute atomic E-state index is 12.7. The van der Waals surface area contributed by atoms with Crippen LogP contribution in [0.2, 0.25) is 5.02 Å². The molecule has 0 bridgehead atoms. The zero-order valence-corrected chi connectivity index (χ0v) is 17.5. The predicted molar refractivity (Wildman–Crippen MR) is 124 cm³/mol. The number of aromatic nitrogens is 5. The standard InChI is InChI=1S/C23H19ClN6O2/c24-15-3-1-2-14(10-15)20(31)12-27-18-6-7-26-23(32)21(18)22-28-17-5-4-16(11-19(17)29-22)30-9-8-25-13-30/h1-11,13,20,31H,12H2,(H,28,29)(H2,26,27,32). The molecule has 1 atom stereocenters. The number of hydrogen-bond acceptors (Lipinski definition) is 5. The lowest BCUT2D eigenvalue weighted by Crippen LogP contribution is -2.17. The van der Waals surface area contributed by atoms with Crippen LogP contribution in [0.5, 0.6) is 0 Å². The van der Waals surface area contributed by atoms with Gasteiger partial charge in [0.15, 0.2) is 0 Å². The Morgan fingerprint density at radius 1 is 1.19 bits per heavy atom. The van der Waals surface area contributed by atoms with Crippen LogP contribution in [-0.2, 0) is 0 Å². The number of aliphatic hydroxyl groups excluding tert-OH is 1. The lowest BCUT2D eigenvalue weighted by atomic mass is 10.1. The molecule has 2 aromatic carbocycles. The fraction of sp³-hybridized carbons (Fsp3) is 0.0870. The van der Waals surface area contributed by atoms with Gasteiger partial charge in [-0.15, -0.1) is 0 Å². The molecule has 0 amide bonds. The fourth-order valence-corrected chi connectivity index (χ4v) is 3.79. The van der Waals surface area contributed by atoms with E-state index in [1.54, 1.807) is 49.1 Å². The van der Waals surface area contributed by atoms with Gasteiger partial charge in [-0.2, -0.15) is 0 Å². The van der Waals surface area contributed by atoms with E-state index in [-0.39, 0.29) is 12.1 Å². The molecule has 0 radical (unpaired) electrons. The van der Waals surface area contributed by atoms with Crippen molar-refractivity contribution in [2.75, 3.05) is 11.9 Å². The summed E-state index contributed by atoms with van der Waals surface area (Å²) in [5, 5.41) is 14.2. The van der Waals surface area contributed by atoms with Gasteiger partial charge in [0.2, 0.25) is 0 Å². The molecule has 0 fully saturated rings. The Bertz CT molecular complexity index is 1440. The number of H-pyrrole nitrogens is 2. The normalized spacial score (nSPS) is 12.2. The van der Waals surface area contributed by atoms with Crippen molar-refractivity contribution in [1.29, 1.82) is 0 Å². The van der Waals surface area contributed by atoms with Crippen LogP contribution < -0.4 is 10.9 Å². The summed E-state index contributed by atoms with van der Waals surface area (Å²) in [6, 6.07) is 14.6. The number of imidazole rings is 2. The quantitative estimate of drug-likeness (QED) is 0.316. The number of rotatable bonds is 6. The van der Waals surface area contributed by atoms with Gasteiger partial charge in [-0.1, -0.05) is 23.7 Å². The molecule has 0 aliphatic heterocycles. The molecule has 0 saturated heterocycles. The molecule has 4 N–H and O–H groups in total. The summed E-state index contributed by atoms with van der Waals surface area (Å²) in [5.74, 6) is 0.435. The molecule has 0 saturated carbocycles. The van der Waals surface area contributed by atoms with Crippen LogP contribution in [0.25, 0.3) is 28.1 Å². The first-order chi connectivity index (χ1) is 15.6. The van der Waals surface area contributed by atoms with E-state index in [1.165, 1.54) is 0 Å². The van der Waals surface area contributed by atoms with Crippen molar-refractivity contribution in [2.45, 2.75) is 6.10 Å². The van der Waals surface area contributed by atoms with Crippen molar-refractivity contribution in [2.24, 2.45) is 0 Å². The van der Waals surface area contributed by atoms with Crippen LogP contribution in [0.1, 0.15) is 11.7 Å². The second-order valence-electron chi connectivity index (χ2n) is 7.30. The van der Waals surface area contributed by atoms with Gasteiger partial charge in [-0.3, -0.25) is 4.79 Å². The molecule has 1 unspecified atom stereocenters. The number of nitrogens with one attached hydrogen (secondary N) is 3. The van der Waals surface area contributed by atoms with Crippen molar-refractivity contribution >= 4 is 28.3 Å². The number of nitrogens with zero attached hydrogens (tertiary/aromatic N) is 3. The van der Waals surface area contributed by atoms with Crippen LogP contribution in [0.4, 0.5) is 5.69 Å². The van der Waals surface area contributed by atoms with Crippen LogP contribution in [0.15, 0.2) is 78.2 Å². The minimum absolute atomic E-state index is 0.196. The molecule has 5 rings (SSSR count). The highest BCUT2D eigenvalue weighted by molar-refractivity contribution is 6.30. The van der Waals surface area contributed by atoms with Crippen molar-refractivity contribution in [3.63, 3.8) is 0 Å². The molecule has 3 aromatic heterocycles. The maximum Gasteiger partial charge on any atom is 0.261 e. The minimum atomic E-state index is -0.797.